The molecular formula is C25H33N5O2. The van der Waals surface area contributed by atoms with Gasteiger partial charge in [0.1, 0.15) is 6.04 Å². The number of amides is 3. The molecule has 0 saturated carbocycles. The number of benzene rings is 2. The zero-order valence-electron chi connectivity index (χ0n) is 18.7. The molecule has 170 valence electrons. The lowest BCUT2D eigenvalue weighted by Gasteiger charge is -2.33. The van der Waals surface area contributed by atoms with Crippen molar-refractivity contribution in [3.05, 3.63) is 54.1 Å². The van der Waals surface area contributed by atoms with Gasteiger partial charge in [0.15, 0.2) is 0 Å². The van der Waals surface area contributed by atoms with Crippen LogP contribution >= 0.6 is 0 Å². The van der Waals surface area contributed by atoms with Gasteiger partial charge >= 0.3 is 6.03 Å². The van der Waals surface area contributed by atoms with E-state index in [1.165, 1.54) is 31.4 Å². The molecule has 0 aromatic heterocycles. The molecule has 2 saturated heterocycles. The fourth-order valence-corrected chi connectivity index (χ4v) is 4.44. The van der Waals surface area contributed by atoms with Gasteiger partial charge in [-0.25, -0.2) is 4.79 Å². The molecule has 4 rings (SSSR count). The Morgan fingerprint density at radius 3 is 2.28 bits per heavy atom. The summed E-state index contributed by atoms with van der Waals surface area (Å²) in [4.78, 5) is 25.7. The highest BCUT2D eigenvalue weighted by atomic mass is 16.2. The zero-order chi connectivity index (χ0) is 22.3. The molecule has 2 aliphatic heterocycles. The number of nitrogens with zero attached hydrogens (tertiary/aromatic N) is 1. The second-order valence-corrected chi connectivity index (χ2v) is 8.71. The van der Waals surface area contributed by atoms with Crippen molar-refractivity contribution in [3.8, 4) is 0 Å². The number of rotatable bonds is 8. The maximum absolute atomic E-state index is 12.1. The molecule has 7 heteroatoms. The highest BCUT2D eigenvalue weighted by molar-refractivity contribution is 5.90. The summed E-state index contributed by atoms with van der Waals surface area (Å²) in [6.07, 6.45) is 5.25. The summed E-state index contributed by atoms with van der Waals surface area (Å²) < 4.78 is 0. The molecule has 2 aliphatic rings. The van der Waals surface area contributed by atoms with Crippen molar-refractivity contribution in [1.29, 1.82) is 0 Å². The fourth-order valence-electron chi connectivity index (χ4n) is 4.44. The van der Waals surface area contributed by atoms with Crippen LogP contribution in [0, 0.1) is 5.92 Å². The number of anilines is 3. The van der Waals surface area contributed by atoms with Crippen LogP contribution in [0.4, 0.5) is 21.9 Å². The van der Waals surface area contributed by atoms with Crippen LogP contribution in [0.2, 0.25) is 0 Å². The Bertz CT molecular complexity index is 905. The molecule has 3 amide bonds. The molecule has 32 heavy (non-hydrogen) atoms. The molecule has 4 N–H and O–H groups in total. The first-order chi connectivity index (χ1) is 15.6. The highest BCUT2D eigenvalue weighted by Crippen LogP contribution is 2.27. The van der Waals surface area contributed by atoms with Crippen LogP contribution in [0.5, 0.6) is 0 Å². The van der Waals surface area contributed by atoms with E-state index in [0.29, 0.717) is 13.1 Å². The van der Waals surface area contributed by atoms with E-state index < -0.39 is 6.04 Å². The lowest BCUT2D eigenvalue weighted by atomic mass is 9.92. The Kier molecular flexibility index (Phi) is 7.14. The Balaban J connectivity index is 1.24. The normalized spacial score (nSPS) is 18.7. The van der Waals surface area contributed by atoms with Crippen LogP contribution in [0.1, 0.15) is 38.2 Å². The number of urea groups is 1. The van der Waals surface area contributed by atoms with Crippen molar-refractivity contribution in [3.63, 3.8) is 0 Å². The first-order valence-corrected chi connectivity index (χ1v) is 11.6. The molecular weight excluding hydrogens is 402 g/mol. The maximum atomic E-state index is 12.1. The zero-order valence-corrected chi connectivity index (χ0v) is 18.7. The van der Waals surface area contributed by atoms with Gasteiger partial charge < -0.3 is 26.2 Å². The predicted molar refractivity (Wildman–Crippen MR) is 128 cm³/mol. The van der Waals surface area contributed by atoms with Crippen molar-refractivity contribution in [2.24, 2.45) is 5.92 Å². The number of carbonyl (C=O) groups is 2. The third-order valence-corrected chi connectivity index (χ3v) is 6.34. The van der Waals surface area contributed by atoms with E-state index in [9.17, 15) is 9.59 Å². The maximum Gasteiger partial charge on any atom is 0.315 e. The Hall–Kier alpha value is -3.22. The fraction of sp³-hybridized carbons (Fsp3) is 0.440. The minimum Gasteiger partial charge on any atom is -0.372 e. The summed E-state index contributed by atoms with van der Waals surface area (Å²) >= 11 is 0. The van der Waals surface area contributed by atoms with Gasteiger partial charge in [-0.1, -0.05) is 31.9 Å². The Labute approximate surface area is 190 Å². The minimum absolute atomic E-state index is 0.180. The van der Waals surface area contributed by atoms with Crippen LogP contribution in [0.3, 0.4) is 0 Å². The van der Waals surface area contributed by atoms with E-state index in [-0.39, 0.29) is 11.9 Å². The molecule has 1 unspecified atom stereocenters. The summed E-state index contributed by atoms with van der Waals surface area (Å²) in [6, 6.07) is 15.8. The third kappa shape index (κ3) is 5.72. The molecule has 1 atom stereocenters. The van der Waals surface area contributed by atoms with E-state index in [4.69, 9.17) is 0 Å². The molecule has 7 nitrogen and oxygen atoms in total. The predicted octanol–water partition coefficient (Wildman–Crippen LogP) is 3.74. The van der Waals surface area contributed by atoms with Crippen LogP contribution in [-0.2, 0) is 11.3 Å². The standard InChI is InChI=1S/C25H33N5O2/c1-2-3-18-12-14-30(15-13-18)22-10-8-21(9-11-22)28-20-6-4-19(5-7-20)16-26-24(31)23-17-27-25(32)29-23/h4-11,18,23,28H,2-3,12-17H2,1H3,(H,26,31)(H2,27,29,32). The molecule has 2 aromatic carbocycles. The average molecular weight is 436 g/mol. The first kappa shape index (κ1) is 22.0. The van der Waals surface area contributed by atoms with Gasteiger partial charge in [0.05, 0.1) is 0 Å². The van der Waals surface area contributed by atoms with Crippen molar-refractivity contribution in [2.75, 3.05) is 29.9 Å². The smallest absolute Gasteiger partial charge is 0.315 e. The summed E-state index contributed by atoms with van der Waals surface area (Å²) in [5, 5.41) is 11.5. The van der Waals surface area contributed by atoms with E-state index in [1.54, 1.807) is 0 Å². The van der Waals surface area contributed by atoms with Crippen LogP contribution in [0.25, 0.3) is 0 Å². The molecule has 2 heterocycles. The number of piperidine rings is 1. The second kappa shape index (κ2) is 10.4. The monoisotopic (exact) mass is 435 g/mol. The Morgan fingerprint density at radius 1 is 1.03 bits per heavy atom. The summed E-state index contributed by atoms with van der Waals surface area (Å²) in [6.45, 7) is 5.33. The van der Waals surface area contributed by atoms with Gasteiger partial charge in [-0.2, -0.15) is 0 Å². The highest BCUT2D eigenvalue weighted by Gasteiger charge is 2.26. The van der Waals surface area contributed by atoms with Crippen molar-refractivity contribution in [1.82, 2.24) is 16.0 Å². The second-order valence-electron chi connectivity index (χ2n) is 8.71. The first-order valence-electron chi connectivity index (χ1n) is 11.6. The van der Waals surface area contributed by atoms with E-state index in [1.807, 2.05) is 24.3 Å². The van der Waals surface area contributed by atoms with Gasteiger partial charge in [-0.15, -0.1) is 0 Å². The number of hydrogen-bond acceptors (Lipinski definition) is 4. The summed E-state index contributed by atoms with van der Waals surface area (Å²) in [5.41, 5.74) is 4.36. The molecule has 0 spiro atoms. The van der Waals surface area contributed by atoms with Crippen molar-refractivity contribution < 1.29 is 9.59 Å². The average Bonchev–Trinajstić information content (AvgIpc) is 3.26. The van der Waals surface area contributed by atoms with Crippen molar-refractivity contribution in [2.45, 2.75) is 45.2 Å². The van der Waals surface area contributed by atoms with E-state index >= 15 is 0 Å². The molecule has 0 aliphatic carbocycles. The van der Waals surface area contributed by atoms with E-state index in [2.05, 4.69) is 57.4 Å². The number of hydrogen-bond donors (Lipinski definition) is 4. The van der Waals surface area contributed by atoms with Gasteiger partial charge in [0.25, 0.3) is 0 Å². The third-order valence-electron chi connectivity index (χ3n) is 6.34. The number of carbonyl (C=O) groups excluding carboxylic acids is 2. The topological polar surface area (TPSA) is 85.5 Å². The molecule has 0 radical (unpaired) electrons. The quantitative estimate of drug-likeness (QED) is 0.509. The van der Waals surface area contributed by atoms with Gasteiger partial charge in [-0.3, -0.25) is 4.79 Å². The Morgan fingerprint density at radius 2 is 1.69 bits per heavy atom. The summed E-state index contributed by atoms with van der Waals surface area (Å²) in [5.74, 6) is 0.717. The van der Waals surface area contributed by atoms with Gasteiger partial charge in [-0.05, 0) is 60.7 Å². The lowest BCUT2D eigenvalue weighted by Crippen LogP contribution is -2.42. The van der Waals surface area contributed by atoms with Crippen LogP contribution < -0.4 is 26.2 Å². The SMILES string of the molecule is CCCC1CCN(c2ccc(Nc3ccc(CNC(=O)C4CNC(=O)N4)cc3)cc2)CC1. The van der Waals surface area contributed by atoms with E-state index in [0.717, 1.165) is 35.9 Å². The van der Waals surface area contributed by atoms with Gasteiger partial charge in [0, 0.05) is 43.2 Å². The van der Waals surface area contributed by atoms with Crippen molar-refractivity contribution >= 4 is 29.0 Å². The molecule has 2 fully saturated rings. The largest absolute Gasteiger partial charge is 0.372 e. The lowest BCUT2D eigenvalue weighted by molar-refractivity contribution is -0.122. The minimum atomic E-state index is -0.505. The van der Waals surface area contributed by atoms with Gasteiger partial charge in [0.2, 0.25) is 5.91 Å². The molecule has 0 bridgehead atoms. The number of nitrogens with one attached hydrogen (secondary N) is 4. The van der Waals surface area contributed by atoms with Crippen LogP contribution in [0.15, 0.2) is 48.5 Å². The van der Waals surface area contributed by atoms with Crippen LogP contribution in [-0.4, -0.2) is 37.6 Å². The molecule has 2 aromatic rings. The summed E-state index contributed by atoms with van der Waals surface area (Å²) in [7, 11) is 0.